The number of allylic oxidation sites excluding steroid dienone is 6. The maximum Gasteiger partial charge on any atom is 0.416 e. The number of hydrogen-bond donors (Lipinski definition) is 0. The molecule has 1 aliphatic heterocycles. The molecule has 0 N–H and O–H groups in total. The van der Waals surface area contributed by atoms with Crippen molar-refractivity contribution in [1.29, 1.82) is 5.26 Å². The molecule has 2 aromatic rings. The Morgan fingerprint density at radius 1 is 1.27 bits per heavy atom. The van der Waals surface area contributed by atoms with Gasteiger partial charge >= 0.3 is 6.18 Å². The lowest BCUT2D eigenvalue weighted by Gasteiger charge is -2.41. The van der Waals surface area contributed by atoms with Crippen molar-refractivity contribution >= 4 is 17.4 Å². The molecule has 3 atom stereocenters. The number of aromatic nitrogens is 2. The van der Waals surface area contributed by atoms with Crippen molar-refractivity contribution in [2.45, 2.75) is 57.8 Å². The molecule has 0 bridgehead atoms. The van der Waals surface area contributed by atoms with Crippen molar-refractivity contribution in [2.75, 3.05) is 11.5 Å². The molecule has 10 heteroatoms. The fourth-order valence-electron chi connectivity index (χ4n) is 5.43. The topological polar surface area (TPSA) is 83.5 Å². The number of amides is 1. The van der Waals surface area contributed by atoms with Gasteiger partial charge in [-0.1, -0.05) is 36.5 Å². The fourth-order valence-corrected chi connectivity index (χ4v) is 5.43. The summed E-state index contributed by atoms with van der Waals surface area (Å²) in [5, 5.41) is 9.64. The van der Waals surface area contributed by atoms with Gasteiger partial charge in [-0.3, -0.25) is 14.7 Å². The van der Waals surface area contributed by atoms with Gasteiger partial charge in [0.1, 0.15) is 23.5 Å². The van der Waals surface area contributed by atoms with Crippen molar-refractivity contribution < 1.29 is 22.7 Å². The number of halogens is 3. The quantitative estimate of drug-likeness (QED) is 0.391. The summed E-state index contributed by atoms with van der Waals surface area (Å²) >= 11 is 0. The van der Waals surface area contributed by atoms with E-state index in [0.29, 0.717) is 48.1 Å². The third-order valence-electron chi connectivity index (χ3n) is 7.60. The fraction of sp³-hybridized carbons (Fsp3) is 0.355. The molecular formula is C31H30F3N5O2. The molecule has 0 spiro atoms. The number of rotatable bonds is 7. The number of ether oxygens (including phenoxy) is 1. The molecule has 2 aliphatic carbocycles. The highest BCUT2D eigenvalue weighted by molar-refractivity contribution is 6.26. The predicted octanol–water partition coefficient (Wildman–Crippen LogP) is 6.41. The van der Waals surface area contributed by atoms with Crippen molar-refractivity contribution in [2.24, 2.45) is 10.9 Å². The van der Waals surface area contributed by atoms with E-state index < -0.39 is 23.3 Å². The van der Waals surface area contributed by atoms with E-state index in [0.717, 1.165) is 6.08 Å². The van der Waals surface area contributed by atoms with Crippen LogP contribution in [0.5, 0.6) is 5.75 Å². The van der Waals surface area contributed by atoms with Crippen LogP contribution in [-0.4, -0.2) is 39.6 Å². The Morgan fingerprint density at radius 2 is 2.02 bits per heavy atom. The number of nitriles is 1. The van der Waals surface area contributed by atoms with Crippen LogP contribution in [0, 0.1) is 17.2 Å². The number of amidine groups is 1. The SMILES string of the molecule is CCOc1ccc(N2C(=O)C3=CC=CCC3(C)N=C2C(C)n2cc(C#N)nc2CC2C=CC(C(F)(F)F)=CC2)cc1. The minimum absolute atomic E-state index is 0.181. The summed E-state index contributed by atoms with van der Waals surface area (Å²) in [6.45, 7) is 6.22. The van der Waals surface area contributed by atoms with Crippen molar-refractivity contribution in [3.05, 3.63) is 89.6 Å². The Hall–Kier alpha value is -4.39. The molecule has 2 heterocycles. The third-order valence-corrected chi connectivity index (χ3v) is 7.60. The van der Waals surface area contributed by atoms with Crippen LogP contribution in [-0.2, 0) is 11.2 Å². The number of fused-ring (bicyclic) bond motifs is 1. The second-order valence-corrected chi connectivity index (χ2v) is 10.5. The van der Waals surface area contributed by atoms with Crippen LogP contribution >= 0.6 is 0 Å². The molecule has 212 valence electrons. The van der Waals surface area contributed by atoms with E-state index in [2.05, 4.69) is 11.1 Å². The number of nitrogens with zero attached hydrogens (tertiary/aromatic N) is 5. The predicted molar refractivity (Wildman–Crippen MR) is 150 cm³/mol. The van der Waals surface area contributed by atoms with Gasteiger partial charge in [0.05, 0.1) is 29.4 Å². The highest BCUT2D eigenvalue weighted by Crippen LogP contribution is 2.39. The van der Waals surface area contributed by atoms with E-state index >= 15 is 0 Å². The number of carbonyl (C=O) groups excluding carboxylic acids is 1. The minimum Gasteiger partial charge on any atom is -0.494 e. The largest absolute Gasteiger partial charge is 0.494 e. The van der Waals surface area contributed by atoms with Crippen LogP contribution in [0.3, 0.4) is 0 Å². The van der Waals surface area contributed by atoms with Crippen molar-refractivity contribution in [3.63, 3.8) is 0 Å². The summed E-state index contributed by atoms with van der Waals surface area (Å²) in [6.07, 6.45) is 7.75. The standard InChI is InChI=1S/C31H30F3N5O2/c1-4-41-25-14-12-24(13-15-25)39-28(37-30(3)16-6-5-7-26(30)29(39)40)20(2)38-19-23(18-35)36-27(38)17-21-8-10-22(11-9-21)31(32,33)34/h5-8,10-15,19-21H,4,9,16-17H2,1-3H3. The number of aliphatic imine (C=N–C) groups is 1. The van der Waals surface area contributed by atoms with Crippen LogP contribution < -0.4 is 9.64 Å². The maximum absolute atomic E-state index is 14.0. The van der Waals surface area contributed by atoms with Crippen LogP contribution in [0.25, 0.3) is 0 Å². The average molecular weight is 562 g/mol. The zero-order valence-corrected chi connectivity index (χ0v) is 23.0. The molecule has 3 unspecified atom stereocenters. The smallest absolute Gasteiger partial charge is 0.416 e. The van der Waals surface area contributed by atoms with Crippen LogP contribution in [0.2, 0.25) is 0 Å². The van der Waals surface area contributed by atoms with Gasteiger partial charge < -0.3 is 9.30 Å². The number of carbonyl (C=O) groups is 1. The number of anilines is 1. The number of benzene rings is 1. The summed E-state index contributed by atoms with van der Waals surface area (Å²) < 4.78 is 46.7. The summed E-state index contributed by atoms with van der Waals surface area (Å²) in [7, 11) is 0. The van der Waals surface area contributed by atoms with E-state index in [4.69, 9.17) is 9.73 Å². The Balaban J connectivity index is 1.53. The van der Waals surface area contributed by atoms with Gasteiger partial charge in [-0.25, -0.2) is 4.98 Å². The summed E-state index contributed by atoms with van der Waals surface area (Å²) in [6, 6.07) is 8.76. The normalized spacial score (nSPS) is 22.9. The van der Waals surface area contributed by atoms with E-state index in [9.17, 15) is 23.2 Å². The Kier molecular flexibility index (Phi) is 7.47. The maximum atomic E-state index is 14.0. The lowest BCUT2D eigenvalue weighted by atomic mass is 9.82. The lowest BCUT2D eigenvalue weighted by molar-refractivity contribution is -0.115. The second-order valence-electron chi connectivity index (χ2n) is 10.5. The van der Waals surface area contributed by atoms with E-state index in [-0.39, 0.29) is 23.9 Å². The first-order valence-corrected chi connectivity index (χ1v) is 13.5. The molecule has 0 saturated heterocycles. The average Bonchev–Trinajstić information content (AvgIpc) is 3.35. The third kappa shape index (κ3) is 5.49. The molecule has 1 amide bonds. The van der Waals surface area contributed by atoms with Gasteiger partial charge in [0, 0.05) is 18.2 Å². The minimum atomic E-state index is -4.39. The van der Waals surface area contributed by atoms with Crippen LogP contribution in [0.1, 0.15) is 51.2 Å². The Morgan fingerprint density at radius 3 is 2.66 bits per heavy atom. The van der Waals surface area contributed by atoms with Gasteiger partial charge in [-0.05, 0) is 63.8 Å². The number of alkyl halides is 3. The first-order valence-electron chi connectivity index (χ1n) is 13.5. The summed E-state index contributed by atoms with van der Waals surface area (Å²) in [5.74, 6) is 1.27. The van der Waals surface area contributed by atoms with Gasteiger partial charge in [0.25, 0.3) is 5.91 Å². The molecule has 1 aromatic heterocycles. The van der Waals surface area contributed by atoms with Crippen molar-refractivity contribution in [1.82, 2.24) is 9.55 Å². The van der Waals surface area contributed by atoms with Crippen molar-refractivity contribution in [3.8, 4) is 11.8 Å². The van der Waals surface area contributed by atoms with E-state index in [1.165, 1.54) is 6.08 Å². The molecule has 0 fully saturated rings. The highest BCUT2D eigenvalue weighted by Gasteiger charge is 2.44. The summed E-state index contributed by atoms with van der Waals surface area (Å²) in [5.41, 5.74) is -0.0542. The van der Waals surface area contributed by atoms with Gasteiger partial charge in [-0.2, -0.15) is 18.4 Å². The van der Waals surface area contributed by atoms with Gasteiger partial charge in [0.2, 0.25) is 0 Å². The number of hydrogen-bond acceptors (Lipinski definition) is 5. The van der Waals surface area contributed by atoms with Crippen LogP contribution in [0.15, 0.2) is 83.1 Å². The zero-order valence-electron chi connectivity index (χ0n) is 23.0. The molecule has 0 radical (unpaired) electrons. The first-order chi connectivity index (χ1) is 19.5. The second kappa shape index (κ2) is 10.9. The molecular weight excluding hydrogens is 531 g/mol. The molecule has 1 aromatic carbocycles. The van der Waals surface area contributed by atoms with Crippen LogP contribution in [0.4, 0.5) is 18.9 Å². The molecule has 5 rings (SSSR count). The number of imidazole rings is 1. The summed E-state index contributed by atoms with van der Waals surface area (Å²) in [4.78, 5) is 25.2. The van der Waals surface area contributed by atoms with Gasteiger partial charge in [0.15, 0.2) is 5.69 Å². The lowest BCUT2D eigenvalue weighted by Crippen LogP contribution is -2.52. The first kappa shape index (κ1) is 28.1. The molecule has 41 heavy (non-hydrogen) atoms. The van der Waals surface area contributed by atoms with Gasteiger partial charge in [-0.15, -0.1) is 0 Å². The Labute approximate surface area is 236 Å². The zero-order chi connectivity index (χ0) is 29.4. The van der Waals surface area contributed by atoms with E-state index in [1.807, 2.05) is 32.9 Å². The highest BCUT2D eigenvalue weighted by atomic mass is 19.4. The Bertz CT molecular complexity index is 1540. The molecule has 0 saturated carbocycles. The van der Waals surface area contributed by atoms with E-state index in [1.54, 1.807) is 52.1 Å². The monoisotopic (exact) mass is 561 g/mol. The molecule has 3 aliphatic rings. The molecule has 7 nitrogen and oxygen atoms in total.